The Labute approximate surface area is 138 Å². The zero-order valence-corrected chi connectivity index (χ0v) is 14.0. The minimum Gasteiger partial charge on any atom is -0.399 e. The number of hydrogen-bond donors (Lipinski definition) is 2. The van der Waals surface area contributed by atoms with Crippen LogP contribution in [0.2, 0.25) is 5.02 Å². The van der Waals surface area contributed by atoms with Crippen LogP contribution in [0.5, 0.6) is 0 Å². The van der Waals surface area contributed by atoms with Gasteiger partial charge in [-0.05, 0) is 42.5 Å². The van der Waals surface area contributed by atoms with E-state index in [1.54, 1.807) is 42.5 Å². The first-order valence-electron chi connectivity index (χ1n) is 5.94. The summed E-state index contributed by atoms with van der Waals surface area (Å²) in [5.41, 5.74) is 6.54. The first kappa shape index (κ1) is 16.0. The van der Waals surface area contributed by atoms with Gasteiger partial charge in [0, 0.05) is 15.1 Å². The second kappa shape index (κ2) is 7.06. The molecule has 3 N–H and O–H groups in total. The average molecular weight is 388 g/mol. The molecule has 0 spiro atoms. The second-order valence-corrected chi connectivity index (χ2v) is 7.01. The lowest BCUT2D eigenvalue weighted by Crippen LogP contribution is -2.19. The molecule has 0 aliphatic rings. The van der Waals surface area contributed by atoms with Crippen LogP contribution in [0, 0.1) is 0 Å². The van der Waals surface area contributed by atoms with Gasteiger partial charge >= 0.3 is 0 Å². The molecule has 21 heavy (non-hydrogen) atoms. The molecule has 7 heteroatoms. The lowest BCUT2D eigenvalue weighted by Gasteiger charge is -2.08. The van der Waals surface area contributed by atoms with Crippen molar-refractivity contribution < 1.29 is 9.00 Å². The summed E-state index contributed by atoms with van der Waals surface area (Å²) in [7, 11) is -1.41. The summed E-state index contributed by atoms with van der Waals surface area (Å²) in [6, 6.07) is 11.8. The summed E-state index contributed by atoms with van der Waals surface area (Å²) >= 11 is 9.27. The van der Waals surface area contributed by atoms with E-state index in [-0.39, 0.29) is 11.7 Å². The highest BCUT2D eigenvalue weighted by molar-refractivity contribution is 9.10. The van der Waals surface area contributed by atoms with Crippen molar-refractivity contribution in [1.29, 1.82) is 0 Å². The first-order valence-corrected chi connectivity index (χ1v) is 8.43. The first-order chi connectivity index (χ1) is 9.95. The van der Waals surface area contributed by atoms with Crippen molar-refractivity contribution in [1.82, 2.24) is 0 Å². The molecule has 0 aliphatic carbocycles. The second-order valence-electron chi connectivity index (χ2n) is 4.23. The summed E-state index contributed by atoms with van der Waals surface area (Å²) in [5, 5.41) is 2.97. The molecule has 0 saturated carbocycles. The van der Waals surface area contributed by atoms with Crippen LogP contribution >= 0.6 is 27.5 Å². The highest BCUT2D eigenvalue weighted by Crippen LogP contribution is 2.24. The van der Waals surface area contributed by atoms with E-state index in [0.29, 0.717) is 21.3 Å². The standard InChI is InChI=1S/C14H12BrClN2O2S/c15-9-1-4-11(5-2-9)21(20)8-14(19)18-13-6-3-10(17)7-12(13)16/h1-7H,8,17H2,(H,18,19). The summed E-state index contributed by atoms with van der Waals surface area (Å²) in [5.74, 6) is -0.509. The third-order valence-corrected chi connectivity index (χ3v) is 4.77. The van der Waals surface area contributed by atoms with Gasteiger partial charge in [-0.25, -0.2) is 0 Å². The Morgan fingerprint density at radius 3 is 2.52 bits per heavy atom. The predicted molar refractivity (Wildman–Crippen MR) is 89.9 cm³/mol. The number of nitrogens with two attached hydrogens (primary N) is 1. The van der Waals surface area contributed by atoms with Gasteiger partial charge in [0.1, 0.15) is 5.75 Å². The number of nitrogen functional groups attached to an aromatic ring is 1. The van der Waals surface area contributed by atoms with Crippen LogP contribution in [-0.2, 0) is 15.6 Å². The Hall–Kier alpha value is -1.37. The fourth-order valence-electron chi connectivity index (χ4n) is 1.61. The number of nitrogens with one attached hydrogen (secondary N) is 1. The van der Waals surface area contributed by atoms with Gasteiger partial charge in [-0.1, -0.05) is 27.5 Å². The van der Waals surface area contributed by atoms with Gasteiger partial charge in [0.2, 0.25) is 5.91 Å². The normalized spacial score (nSPS) is 11.9. The number of carbonyl (C=O) groups excluding carboxylic acids is 1. The number of carbonyl (C=O) groups is 1. The molecule has 0 saturated heterocycles. The maximum Gasteiger partial charge on any atom is 0.237 e. The molecule has 2 aromatic carbocycles. The van der Waals surface area contributed by atoms with Crippen LogP contribution in [0.3, 0.4) is 0 Å². The van der Waals surface area contributed by atoms with Crippen molar-refractivity contribution >= 4 is 55.6 Å². The number of anilines is 2. The van der Waals surface area contributed by atoms with Crippen molar-refractivity contribution in [3.05, 3.63) is 52.0 Å². The van der Waals surface area contributed by atoms with Crippen LogP contribution in [0.1, 0.15) is 0 Å². The molecule has 4 nitrogen and oxygen atoms in total. The zero-order chi connectivity index (χ0) is 15.4. The van der Waals surface area contributed by atoms with Crippen LogP contribution in [-0.4, -0.2) is 15.9 Å². The lowest BCUT2D eigenvalue weighted by molar-refractivity contribution is -0.113. The van der Waals surface area contributed by atoms with Gasteiger partial charge in [-0.2, -0.15) is 0 Å². The Kier molecular flexibility index (Phi) is 5.39. The van der Waals surface area contributed by atoms with Gasteiger partial charge in [0.15, 0.2) is 0 Å². The summed E-state index contributed by atoms with van der Waals surface area (Å²) in [4.78, 5) is 12.5. The van der Waals surface area contributed by atoms with E-state index < -0.39 is 10.8 Å². The molecule has 2 aromatic rings. The van der Waals surface area contributed by atoms with Gasteiger partial charge in [0.05, 0.1) is 21.5 Å². The Balaban J connectivity index is 2.01. The predicted octanol–water partition coefficient (Wildman–Crippen LogP) is 3.43. The highest BCUT2D eigenvalue weighted by atomic mass is 79.9. The molecule has 1 amide bonds. The van der Waals surface area contributed by atoms with Gasteiger partial charge in [-0.3, -0.25) is 9.00 Å². The molecule has 110 valence electrons. The van der Waals surface area contributed by atoms with Crippen LogP contribution in [0.15, 0.2) is 51.8 Å². The van der Waals surface area contributed by atoms with Crippen molar-refractivity contribution in [2.75, 3.05) is 16.8 Å². The summed E-state index contributed by atoms with van der Waals surface area (Å²) < 4.78 is 13.0. The molecule has 0 radical (unpaired) electrons. The topological polar surface area (TPSA) is 72.2 Å². The lowest BCUT2D eigenvalue weighted by atomic mass is 10.3. The van der Waals surface area contributed by atoms with Crippen LogP contribution < -0.4 is 11.1 Å². The number of halogens is 2. The fraction of sp³-hybridized carbons (Fsp3) is 0.0714. The minimum absolute atomic E-state index is 0.137. The maximum absolute atomic E-state index is 12.1. The van der Waals surface area contributed by atoms with E-state index in [9.17, 15) is 9.00 Å². The molecular weight excluding hydrogens is 376 g/mol. The van der Waals surface area contributed by atoms with E-state index >= 15 is 0 Å². The number of hydrogen-bond acceptors (Lipinski definition) is 3. The van der Waals surface area contributed by atoms with Crippen molar-refractivity contribution in [3.63, 3.8) is 0 Å². The smallest absolute Gasteiger partial charge is 0.237 e. The molecular formula is C14H12BrClN2O2S. The van der Waals surface area contributed by atoms with Crippen LogP contribution in [0.4, 0.5) is 11.4 Å². The van der Waals surface area contributed by atoms with Gasteiger partial charge < -0.3 is 11.1 Å². The highest BCUT2D eigenvalue weighted by Gasteiger charge is 2.12. The summed E-state index contributed by atoms with van der Waals surface area (Å²) in [6.45, 7) is 0. The fourth-order valence-corrected chi connectivity index (χ4v) is 3.02. The van der Waals surface area contributed by atoms with Crippen LogP contribution in [0.25, 0.3) is 0 Å². The quantitative estimate of drug-likeness (QED) is 0.789. The Morgan fingerprint density at radius 2 is 1.90 bits per heavy atom. The van der Waals surface area contributed by atoms with E-state index in [2.05, 4.69) is 21.2 Å². The third-order valence-electron chi connectivity index (χ3n) is 2.61. The largest absolute Gasteiger partial charge is 0.399 e. The van der Waals surface area contributed by atoms with Crippen molar-refractivity contribution in [3.8, 4) is 0 Å². The number of benzene rings is 2. The Morgan fingerprint density at radius 1 is 1.24 bits per heavy atom. The SMILES string of the molecule is Nc1ccc(NC(=O)CS(=O)c2ccc(Br)cc2)c(Cl)c1. The molecule has 0 aliphatic heterocycles. The Bertz CT molecular complexity index is 692. The monoisotopic (exact) mass is 386 g/mol. The third kappa shape index (κ3) is 4.56. The van der Waals surface area contributed by atoms with E-state index in [1.165, 1.54) is 0 Å². The molecule has 0 aromatic heterocycles. The average Bonchev–Trinajstić information content (AvgIpc) is 2.42. The molecule has 0 bridgehead atoms. The minimum atomic E-state index is -1.41. The van der Waals surface area contributed by atoms with Gasteiger partial charge in [-0.15, -0.1) is 0 Å². The van der Waals surface area contributed by atoms with Crippen molar-refractivity contribution in [2.24, 2.45) is 0 Å². The number of amides is 1. The summed E-state index contributed by atoms with van der Waals surface area (Å²) in [6.07, 6.45) is 0. The molecule has 1 atom stereocenters. The van der Waals surface area contributed by atoms with Gasteiger partial charge in [0.25, 0.3) is 0 Å². The molecule has 2 rings (SSSR count). The molecule has 1 unspecified atom stereocenters. The van der Waals surface area contributed by atoms with E-state index in [1.807, 2.05) is 0 Å². The molecule has 0 fully saturated rings. The van der Waals surface area contributed by atoms with E-state index in [0.717, 1.165) is 4.47 Å². The zero-order valence-electron chi connectivity index (χ0n) is 10.8. The maximum atomic E-state index is 12.1. The molecule has 0 heterocycles. The van der Waals surface area contributed by atoms with Crippen molar-refractivity contribution in [2.45, 2.75) is 4.90 Å². The van der Waals surface area contributed by atoms with E-state index in [4.69, 9.17) is 17.3 Å². The number of rotatable bonds is 4.